The quantitative estimate of drug-likeness (QED) is 0.522. The van der Waals surface area contributed by atoms with Gasteiger partial charge in [-0.3, -0.25) is 4.90 Å². The van der Waals surface area contributed by atoms with E-state index in [1.54, 1.807) is 4.90 Å². The molecular weight excluding hydrogens is 386 g/mol. The molecule has 0 spiro atoms. The largest absolute Gasteiger partial charge is 0.444 e. The molecule has 4 nitrogen and oxygen atoms in total. The van der Waals surface area contributed by atoms with Crippen LogP contribution in [0.4, 0.5) is 4.79 Å². The van der Waals surface area contributed by atoms with E-state index >= 15 is 0 Å². The highest BCUT2D eigenvalue weighted by molar-refractivity contribution is 5.68. The lowest BCUT2D eigenvalue weighted by atomic mass is 9.77. The molecule has 0 N–H and O–H groups in total. The summed E-state index contributed by atoms with van der Waals surface area (Å²) in [6.07, 6.45) is 8.18. The summed E-state index contributed by atoms with van der Waals surface area (Å²) in [5.74, 6) is 0.761. The van der Waals surface area contributed by atoms with Gasteiger partial charge < -0.3 is 9.47 Å². The van der Waals surface area contributed by atoms with Gasteiger partial charge in [-0.15, -0.1) is 0 Å². The van der Waals surface area contributed by atoms with Crippen LogP contribution in [0.15, 0.2) is 54.1 Å². The maximum Gasteiger partial charge on any atom is 0.412 e. The van der Waals surface area contributed by atoms with Crippen LogP contribution in [-0.4, -0.2) is 36.0 Å². The van der Waals surface area contributed by atoms with Crippen molar-refractivity contribution in [2.24, 2.45) is 11.8 Å². The van der Waals surface area contributed by atoms with Gasteiger partial charge in [0.05, 0.1) is 6.61 Å². The third kappa shape index (κ3) is 6.96. The highest BCUT2D eigenvalue weighted by Crippen LogP contribution is 2.39. The Hall–Kier alpha value is -2.07. The minimum absolute atomic E-state index is 0.0893. The maximum absolute atomic E-state index is 12.9. The molecule has 3 unspecified atom stereocenters. The van der Waals surface area contributed by atoms with Crippen LogP contribution in [-0.2, 0) is 9.47 Å². The number of hydrogen-bond acceptors (Lipinski definition) is 3. The van der Waals surface area contributed by atoms with Gasteiger partial charge in [-0.2, -0.15) is 0 Å². The third-order valence-corrected chi connectivity index (χ3v) is 5.56. The second kappa shape index (κ2) is 11.5. The molecule has 1 saturated heterocycles. The molecule has 0 saturated carbocycles. The second-order valence-electron chi connectivity index (χ2n) is 9.32. The first kappa shape index (κ1) is 25.2. The Morgan fingerprint density at radius 3 is 2.48 bits per heavy atom. The monoisotopic (exact) mass is 427 g/mol. The van der Waals surface area contributed by atoms with Crippen LogP contribution >= 0.6 is 0 Å². The summed E-state index contributed by atoms with van der Waals surface area (Å²) in [7, 11) is 0. The molecule has 1 fully saturated rings. The topological polar surface area (TPSA) is 38.8 Å². The molecule has 1 aliphatic carbocycles. The first-order chi connectivity index (χ1) is 14.8. The van der Waals surface area contributed by atoms with Crippen LogP contribution in [0.3, 0.4) is 0 Å². The molecular formula is C27H41NO3. The maximum atomic E-state index is 12.9. The molecule has 0 radical (unpaired) electrons. The fourth-order valence-corrected chi connectivity index (χ4v) is 4.31. The number of nitrogens with zero attached hydrogens (tertiary/aromatic N) is 1. The van der Waals surface area contributed by atoms with Crippen LogP contribution in [0.25, 0.3) is 0 Å². The van der Waals surface area contributed by atoms with Crippen molar-refractivity contribution in [1.29, 1.82) is 0 Å². The molecule has 1 aliphatic heterocycles. The van der Waals surface area contributed by atoms with E-state index in [2.05, 4.69) is 56.3 Å². The molecule has 3 rings (SSSR count). The Morgan fingerprint density at radius 2 is 1.87 bits per heavy atom. The number of carbonyl (C=O) groups is 1. The smallest absolute Gasteiger partial charge is 0.412 e. The SMILES string of the molecule is CC.CC(C(C1=C[C@@H](C)CC=C1)c1ccccc1)C1OCCCN1C(=O)OC(C)(C)C. The molecule has 172 valence electrons. The third-order valence-electron chi connectivity index (χ3n) is 5.56. The number of hydrogen-bond donors (Lipinski definition) is 0. The molecule has 0 bridgehead atoms. The molecule has 0 aromatic heterocycles. The molecule has 4 heteroatoms. The van der Waals surface area contributed by atoms with Crippen molar-refractivity contribution in [3.05, 3.63) is 59.7 Å². The summed E-state index contributed by atoms with van der Waals surface area (Å²) in [6.45, 7) is 15.5. The molecule has 31 heavy (non-hydrogen) atoms. The fraction of sp³-hybridized carbons (Fsp3) is 0.593. The Morgan fingerprint density at radius 1 is 1.19 bits per heavy atom. The van der Waals surface area contributed by atoms with E-state index in [0.717, 1.165) is 12.8 Å². The number of carbonyl (C=O) groups excluding carboxylic acids is 1. The Bertz CT molecular complexity index is 747. The predicted octanol–water partition coefficient (Wildman–Crippen LogP) is 6.94. The highest BCUT2D eigenvalue weighted by Gasteiger charge is 2.39. The highest BCUT2D eigenvalue weighted by atomic mass is 16.6. The minimum atomic E-state index is -0.523. The zero-order chi connectivity index (χ0) is 23.0. The van der Waals surface area contributed by atoms with E-state index in [1.807, 2.05) is 40.7 Å². The van der Waals surface area contributed by atoms with Gasteiger partial charge in [0.2, 0.25) is 0 Å². The normalized spacial score (nSPS) is 23.2. The second-order valence-corrected chi connectivity index (χ2v) is 9.32. The number of rotatable bonds is 4. The van der Waals surface area contributed by atoms with Crippen molar-refractivity contribution in [2.75, 3.05) is 13.2 Å². The van der Waals surface area contributed by atoms with Gasteiger partial charge >= 0.3 is 6.09 Å². The zero-order valence-electron chi connectivity index (χ0n) is 20.4. The van der Waals surface area contributed by atoms with E-state index in [-0.39, 0.29) is 24.2 Å². The molecule has 1 heterocycles. The number of amides is 1. The Kier molecular flexibility index (Phi) is 9.36. The number of ether oxygens (including phenoxy) is 2. The predicted molar refractivity (Wildman–Crippen MR) is 128 cm³/mol. The average molecular weight is 428 g/mol. The van der Waals surface area contributed by atoms with Crippen molar-refractivity contribution in [3.8, 4) is 0 Å². The Balaban J connectivity index is 0.00000166. The van der Waals surface area contributed by atoms with Crippen LogP contribution < -0.4 is 0 Å². The van der Waals surface area contributed by atoms with Gasteiger partial charge in [-0.05, 0) is 50.7 Å². The summed E-state index contributed by atoms with van der Waals surface area (Å²) >= 11 is 0. The molecule has 4 atom stereocenters. The van der Waals surface area contributed by atoms with Gasteiger partial charge in [0.1, 0.15) is 11.8 Å². The van der Waals surface area contributed by atoms with E-state index < -0.39 is 5.60 Å². The lowest BCUT2D eigenvalue weighted by Crippen LogP contribution is -2.52. The summed E-state index contributed by atoms with van der Waals surface area (Å²) in [5.41, 5.74) is 2.04. The fourth-order valence-electron chi connectivity index (χ4n) is 4.31. The lowest BCUT2D eigenvalue weighted by Gasteiger charge is -2.42. The Labute approximate surface area is 189 Å². The van der Waals surface area contributed by atoms with Crippen LogP contribution in [0.2, 0.25) is 0 Å². The van der Waals surface area contributed by atoms with Crippen molar-refractivity contribution in [2.45, 2.75) is 79.1 Å². The first-order valence-corrected chi connectivity index (χ1v) is 11.8. The summed E-state index contributed by atoms with van der Waals surface area (Å²) in [5, 5.41) is 0. The first-order valence-electron chi connectivity index (χ1n) is 11.8. The van der Waals surface area contributed by atoms with Gasteiger partial charge in [-0.25, -0.2) is 4.79 Å². The molecule has 2 aliphatic rings. The van der Waals surface area contributed by atoms with E-state index in [0.29, 0.717) is 19.1 Å². The van der Waals surface area contributed by atoms with Crippen molar-refractivity contribution in [3.63, 3.8) is 0 Å². The molecule has 1 aromatic carbocycles. The van der Waals surface area contributed by atoms with E-state index in [1.165, 1.54) is 11.1 Å². The minimum Gasteiger partial charge on any atom is -0.444 e. The van der Waals surface area contributed by atoms with Crippen molar-refractivity contribution < 1.29 is 14.3 Å². The van der Waals surface area contributed by atoms with Gasteiger partial charge in [0, 0.05) is 18.4 Å². The van der Waals surface area contributed by atoms with Crippen molar-refractivity contribution >= 4 is 6.09 Å². The number of benzene rings is 1. The van der Waals surface area contributed by atoms with Crippen LogP contribution in [0, 0.1) is 11.8 Å². The number of allylic oxidation sites excluding steroid dienone is 4. The summed E-state index contributed by atoms with van der Waals surface area (Å²) < 4.78 is 11.9. The van der Waals surface area contributed by atoms with E-state index in [9.17, 15) is 4.79 Å². The van der Waals surface area contributed by atoms with Crippen molar-refractivity contribution in [1.82, 2.24) is 4.90 Å². The van der Waals surface area contributed by atoms with Crippen LogP contribution in [0.5, 0.6) is 0 Å². The van der Waals surface area contributed by atoms with Gasteiger partial charge in [0.25, 0.3) is 0 Å². The van der Waals surface area contributed by atoms with E-state index in [4.69, 9.17) is 9.47 Å². The molecule has 1 amide bonds. The zero-order valence-corrected chi connectivity index (χ0v) is 20.4. The lowest BCUT2D eigenvalue weighted by molar-refractivity contribution is -0.121. The van der Waals surface area contributed by atoms with Crippen LogP contribution in [0.1, 0.15) is 72.8 Å². The summed E-state index contributed by atoms with van der Waals surface area (Å²) in [4.78, 5) is 14.7. The van der Waals surface area contributed by atoms with Gasteiger partial charge in [0.15, 0.2) is 0 Å². The standard InChI is InChI=1S/C25H35NO3.C2H6/c1-18-11-9-14-21(17-18)22(20-12-7-6-8-13-20)19(2)23-26(15-10-16-28-23)24(27)29-25(3,4)5;1-2/h6-9,12-14,17-19,22-23H,10-11,15-16H2,1-5H3;1-2H3/t18-,19?,22?,23?;/m0./s1. The average Bonchev–Trinajstić information content (AvgIpc) is 2.75. The van der Waals surface area contributed by atoms with Gasteiger partial charge in [-0.1, -0.05) is 76.3 Å². The summed E-state index contributed by atoms with van der Waals surface area (Å²) in [6, 6.07) is 10.6. The molecule has 1 aromatic rings.